The van der Waals surface area contributed by atoms with Crippen molar-refractivity contribution in [3.8, 4) is 5.75 Å². The van der Waals surface area contributed by atoms with Crippen molar-refractivity contribution in [3.05, 3.63) is 29.8 Å². The van der Waals surface area contributed by atoms with Crippen molar-refractivity contribution in [1.29, 1.82) is 0 Å². The summed E-state index contributed by atoms with van der Waals surface area (Å²) >= 11 is 0. The summed E-state index contributed by atoms with van der Waals surface area (Å²) in [5.74, 6) is 0.725. The van der Waals surface area contributed by atoms with Crippen molar-refractivity contribution in [1.82, 2.24) is 15.1 Å². The Morgan fingerprint density at radius 2 is 1.81 bits per heavy atom. The lowest BCUT2D eigenvalue weighted by atomic mass is 9.87. The molecule has 2 rings (SSSR count). The van der Waals surface area contributed by atoms with Gasteiger partial charge in [0.15, 0.2) is 0 Å². The number of amides is 3. The van der Waals surface area contributed by atoms with E-state index in [2.05, 4.69) is 5.32 Å². The van der Waals surface area contributed by atoms with Crippen molar-refractivity contribution < 1.29 is 19.1 Å². The number of hydrogen-bond donors (Lipinski definition) is 1. The van der Waals surface area contributed by atoms with Crippen LogP contribution in [0, 0.1) is 11.8 Å². The van der Waals surface area contributed by atoms with E-state index >= 15 is 0 Å². The molecule has 0 unspecified atom stereocenters. The lowest BCUT2D eigenvalue weighted by molar-refractivity contribution is -0.136. The maximum Gasteiger partial charge on any atom is 0.252 e. The molecule has 172 valence electrons. The van der Waals surface area contributed by atoms with Crippen molar-refractivity contribution in [2.75, 3.05) is 33.3 Å². The highest BCUT2D eigenvalue weighted by Crippen LogP contribution is 2.24. The number of piperidine rings is 1. The van der Waals surface area contributed by atoms with Gasteiger partial charge in [-0.25, -0.2) is 0 Å². The molecule has 0 radical (unpaired) electrons. The van der Waals surface area contributed by atoms with E-state index < -0.39 is 6.04 Å². The Morgan fingerprint density at radius 3 is 2.35 bits per heavy atom. The van der Waals surface area contributed by atoms with Crippen LogP contribution in [0.1, 0.15) is 57.3 Å². The molecule has 0 aliphatic carbocycles. The molecular weight excluding hydrogens is 394 g/mol. The molecule has 0 saturated carbocycles. The summed E-state index contributed by atoms with van der Waals surface area (Å²) in [6.45, 7) is 10.4. The quantitative estimate of drug-likeness (QED) is 0.652. The second-order valence-corrected chi connectivity index (χ2v) is 8.51. The number of likely N-dealkylation sites (N-methyl/N-ethyl adjacent to an activating group) is 1. The van der Waals surface area contributed by atoms with Crippen LogP contribution in [0.5, 0.6) is 5.75 Å². The Kier molecular flexibility index (Phi) is 9.34. The molecule has 1 aliphatic rings. The fourth-order valence-corrected chi connectivity index (χ4v) is 4.06. The molecule has 0 bridgehead atoms. The van der Waals surface area contributed by atoms with Gasteiger partial charge in [-0.05, 0) is 56.7 Å². The second-order valence-electron chi connectivity index (χ2n) is 8.51. The minimum atomic E-state index is -0.610. The summed E-state index contributed by atoms with van der Waals surface area (Å²) in [7, 11) is 1.55. The number of carbonyl (C=O) groups excluding carboxylic acids is 3. The summed E-state index contributed by atoms with van der Waals surface area (Å²) in [6.07, 6.45) is 1.93. The first-order valence-electron chi connectivity index (χ1n) is 11.3. The van der Waals surface area contributed by atoms with Crippen molar-refractivity contribution in [3.63, 3.8) is 0 Å². The van der Waals surface area contributed by atoms with Crippen molar-refractivity contribution in [2.24, 2.45) is 11.8 Å². The minimum absolute atomic E-state index is 0.00856. The summed E-state index contributed by atoms with van der Waals surface area (Å²) < 4.78 is 5.22. The molecule has 0 aromatic heterocycles. The summed E-state index contributed by atoms with van der Waals surface area (Å²) in [5, 5.41) is 2.99. The number of methoxy groups -OCH3 is 1. The van der Waals surface area contributed by atoms with E-state index in [-0.39, 0.29) is 23.6 Å². The van der Waals surface area contributed by atoms with Crippen LogP contribution in [0.25, 0.3) is 0 Å². The van der Waals surface area contributed by atoms with Crippen LogP contribution in [0.4, 0.5) is 0 Å². The highest BCUT2D eigenvalue weighted by Gasteiger charge is 2.35. The van der Waals surface area contributed by atoms with Crippen LogP contribution in [0.15, 0.2) is 24.3 Å². The molecule has 1 saturated heterocycles. The average Bonchev–Trinajstić information content (AvgIpc) is 2.77. The Labute approximate surface area is 186 Å². The minimum Gasteiger partial charge on any atom is -0.497 e. The third-order valence-corrected chi connectivity index (χ3v) is 5.91. The van der Waals surface area contributed by atoms with Crippen molar-refractivity contribution >= 4 is 17.7 Å². The molecule has 0 spiro atoms. The lowest BCUT2D eigenvalue weighted by Gasteiger charge is -2.37. The van der Waals surface area contributed by atoms with E-state index in [0.717, 1.165) is 0 Å². The number of nitrogens with zero attached hydrogens (tertiary/aromatic N) is 2. The third kappa shape index (κ3) is 6.71. The fourth-order valence-electron chi connectivity index (χ4n) is 4.06. The fraction of sp³-hybridized carbons (Fsp3) is 0.625. The molecule has 1 aliphatic heterocycles. The summed E-state index contributed by atoms with van der Waals surface area (Å²) in [4.78, 5) is 42.3. The molecule has 7 heteroatoms. The molecule has 1 aromatic carbocycles. The van der Waals surface area contributed by atoms with Gasteiger partial charge in [0.1, 0.15) is 11.8 Å². The standard InChI is InChI=1S/C24H37N3O4/c1-6-26(7-2)24(30)22(25-23(29)19-9-8-10-20(16-19)31-5)18-11-13-27(14-12-18)21(28)15-17(3)4/h8-10,16-18,22H,6-7,11-15H2,1-5H3,(H,25,29)/t22-/m1/s1. The van der Waals surface area contributed by atoms with Crippen LogP contribution in [-0.2, 0) is 9.59 Å². The van der Waals surface area contributed by atoms with Gasteiger partial charge < -0.3 is 19.9 Å². The van der Waals surface area contributed by atoms with Crippen LogP contribution >= 0.6 is 0 Å². The molecule has 1 aromatic rings. The molecule has 1 atom stereocenters. The molecule has 1 heterocycles. The number of rotatable bonds is 9. The maximum absolute atomic E-state index is 13.3. The van der Waals surface area contributed by atoms with Crippen LogP contribution < -0.4 is 10.1 Å². The van der Waals surface area contributed by atoms with Gasteiger partial charge in [-0.1, -0.05) is 19.9 Å². The van der Waals surface area contributed by atoms with Gasteiger partial charge in [-0.3, -0.25) is 14.4 Å². The van der Waals surface area contributed by atoms with Crippen LogP contribution in [-0.4, -0.2) is 66.9 Å². The number of hydrogen-bond acceptors (Lipinski definition) is 4. The zero-order chi connectivity index (χ0) is 23.0. The maximum atomic E-state index is 13.3. The highest BCUT2D eigenvalue weighted by molar-refractivity contribution is 5.98. The molecular formula is C24H37N3O4. The monoisotopic (exact) mass is 431 g/mol. The Bertz CT molecular complexity index is 753. The Hall–Kier alpha value is -2.57. The highest BCUT2D eigenvalue weighted by atomic mass is 16.5. The molecule has 1 N–H and O–H groups in total. The van der Waals surface area contributed by atoms with E-state index in [1.165, 1.54) is 0 Å². The zero-order valence-corrected chi connectivity index (χ0v) is 19.5. The van der Waals surface area contributed by atoms with E-state index in [9.17, 15) is 14.4 Å². The third-order valence-electron chi connectivity index (χ3n) is 5.91. The van der Waals surface area contributed by atoms with E-state index in [4.69, 9.17) is 4.74 Å². The molecule has 3 amide bonds. The second kappa shape index (κ2) is 11.7. The SMILES string of the molecule is CCN(CC)C(=O)[C@H](NC(=O)c1cccc(OC)c1)C1CCN(C(=O)CC(C)C)CC1. The number of likely N-dealkylation sites (tertiary alicyclic amines) is 1. The van der Waals surface area contributed by atoms with Gasteiger partial charge >= 0.3 is 0 Å². The van der Waals surface area contributed by atoms with Crippen LogP contribution in [0.3, 0.4) is 0 Å². The van der Waals surface area contributed by atoms with Gasteiger partial charge in [0.25, 0.3) is 5.91 Å². The predicted octanol–water partition coefficient (Wildman–Crippen LogP) is 2.95. The first-order valence-corrected chi connectivity index (χ1v) is 11.3. The van der Waals surface area contributed by atoms with Crippen LogP contribution in [0.2, 0.25) is 0 Å². The van der Waals surface area contributed by atoms with Crippen molar-refractivity contribution in [2.45, 2.75) is 53.0 Å². The molecule has 31 heavy (non-hydrogen) atoms. The number of benzene rings is 1. The number of ether oxygens (including phenoxy) is 1. The summed E-state index contributed by atoms with van der Waals surface area (Å²) in [5.41, 5.74) is 0.459. The normalized spacial score (nSPS) is 15.5. The Morgan fingerprint density at radius 1 is 1.16 bits per heavy atom. The van der Waals surface area contributed by atoms with Gasteiger partial charge in [-0.2, -0.15) is 0 Å². The first-order chi connectivity index (χ1) is 14.8. The smallest absolute Gasteiger partial charge is 0.252 e. The van der Waals surface area contributed by atoms with E-state index in [1.54, 1.807) is 36.3 Å². The van der Waals surface area contributed by atoms with Gasteiger partial charge in [-0.15, -0.1) is 0 Å². The number of carbonyl (C=O) groups is 3. The molecule has 7 nitrogen and oxygen atoms in total. The van der Waals surface area contributed by atoms with E-state index in [0.29, 0.717) is 62.7 Å². The predicted molar refractivity (Wildman–Crippen MR) is 121 cm³/mol. The average molecular weight is 432 g/mol. The largest absolute Gasteiger partial charge is 0.497 e. The first kappa shape index (κ1) is 24.7. The topological polar surface area (TPSA) is 79.0 Å². The van der Waals surface area contributed by atoms with Gasteiger partial charge in [0, 0.05) is 38.2 Å². The van der Waals surface area contributed by atoms with Gasteiger partial charge in [0.2, 0.25) is 11.8 Å². The van der Waals surface area contributed by atoms with Gasteiger partial charge in [0.05, 0.1) is 7.11 Å². The lowest BCUT2D eigenvalue weighted by Crippen LogP contribution is -2.54. The number of nitrogens with one attached hydrogen (secondary N) is 1. The van der Waals surface area contributed by atoms with E-state index in [1.807, 2.05) is 32.6 Å². The molecule has 1 fully saturated rings. The summed E-state index contributed by atoms with van der Waals surface area (Å²) in [6, 6.07) is 6.30. The zero-order valence-electron chi connectivity index (χ0n) is 19.5. The Balaban J connectivity index is 2.15.